The first-order chi connectivity index (χ1) is 9.82. The highest BCUT2D eigenvalue weighted by Crippen LogP contribution is 2.28. The maximum atomic E-state index is 12.5. The van der Waals surface area contributed by atoms with E-state index in [9.17, 15) is 18.5 Å². The minimum Gasteiger partial charge on any atom is -0.377 e. The average Bonchev–Trinajstić information content (AvgIpc) is 2.91. The monoisotopic (exact) mass is 334 g/mol. The Hall–Kier alpha value is -1.22. The molecule has 0 spiro atoms. The molecular formula is C12H15ClN2O5S. The highest BCUT2D eigenvalue weighted by molar-refractivity contribution is 7.89. The number of benzene rings is 1. The van der Waals surface area contributed by atoms with Gasteiger partial charge in [-0.1, -0.05) is 11.6 Å². The number of rotatable bonds is 5. The Bertz CT molecular complexity index is 643. The third-order valence-electron chi connectivity index (χ3n) is 3.30. The van der Waals surface area contributed by atoms with E-state index in [2.05, 4.69) is 0 Å². The van der Waals surface area contributed by atoms with Gasteiger partial charge in [0.2, 0.25) is 10.0 Å². The molecule has 1 aromatic carbocycles. The van der Waals surface area contributed by atoms with Gasteiger partial charge in [-0.05, 0) is 18.9 Å². The Balaban J connectivity index is 2.29. The van der Waals surface area contributed by atoms with Crippen molar-refractivity contribution < 1.29 is 18.1 Å². The summed E-state index contributed by atoms with van der Waals surface area (Å²) in [6.45, 7) is 0.817. The fourth-order valence-electron chi connectivity index (χ4n) is 2.14. The van der Waals surface area contributed by atoms with E-state index < -0.39 is 14.9 Å². The largest absolute Gasteiger partial charge is 0.377 e. The van der Waals surface area contributed by atoms with Crippen LogP contribution in [0.5, 0.6) is 0 Å². The van der Waals surface area contributed by atoms with Crippen LogP contribution >= 0.6 is 11.6 Å². The van der Waals surface area contributed by atoms with E-state index in [1.54, 1.807) is 0 Å². The third kappa shape index (κ3) is 3.52. The van der Waals surface area contributed by atoms with Crippen LogP contribution in [0.2, 0.25) is 5.02 Å². The Labute approximate surface area is 127 Å². The molecule has 21 heavy (non-hydrogen) atoms. The predicted molar refractivity (Wildman–Crippen MR) is 76.9 cm³/mol. The van der Waals surface area contributed by atoms with Gasteiger partial charge in [-0.15, -0.1) is 0 Å². The first-order valence-corrected chi connectivity index (χ1v) is 8.16. The summed E-state index contributed by atoms with van der Waals surface area (Å²) in [6, 6.07) is 3.36. The van der Waals surface area contributed by atoms with E-state index in [0.29, 0.717) is 6.61 Å². The topological polar surface area (TPSA) is 89.8 Å². The van der Waals surface area contributed by atoms with E-state index >= 15 is 0 Å². The molecule has 1 aromatic rings. The number of ether oxygens (including phenoxy) is 1. The van der Waals surface area contributed by atoms with Crippen molar-refractivity contribution in [3.05, 3.63) is 33.3 Å². The normalized spacial score (nSPS) is 19.1. The van der Waals surface area contributed by atoms with Crippen LogP contribution in [0.15, 0.2) is 23.1 Å². The standard InChI is InChI=1S/C12H15ClN2O5S/c1-14(8-10-3-2-6-20-10)21(18,19)12-7-9(15(16)17)4-5-11(12)13/h4-5,7,10H,2-3,6,8H2,1H3. The molecule has 1 atom stereocenters. The van der Waals surface area contributed by atoms with Crippen LogP contribution in [0.25, 0.3) is 0 Å². The summed E-state index contributed by atoms with van der Waals surface area (Å²) in [6.07, 6.45) is 1.54. The maximum Gasteiger partial charge on any atom is 0.270 e. The van der Waals surface area contributed by atoms with Gasteiger partial charge in [0.05, 0.1) is 16.0 Å². The molecule has 0 saturated carbocycles. The van der Waals surface area contributed by atoms with Crippen molar-refractivity contribution in [3.63, 3.8) is 0 Å². The zero-order chi connectivity index (χ0) is 15.6. The molecule has 1 heterocycles. The lowest BCUT2D eigenvalue weighted by Crippen LogP contribution is -2.34. The zero-order valence-electron chi connectivity index (χ0n) is 11.4. The van der Waals surface area contributed by atoms with Gasteiger partial charge >= 0.3 is 0 Å². The average molecular weight is 335 g/mol. The minimum atomic E-state index is -3.90. The Kier molecular flexibility index (Phi) is 4.82. The zero-order valence-corrected chi connectivity index (χ0v) is 12.9. The van der Waals surface area contributed by atoms with Crippen LogP contribution in [0.4, 0.5) is 5.69 Å². The quantitative estimate of drug-likeness (QED) is 0.607. The molecule has 2 rings (SSSR count). The van der Waals surface area contributed by atoms with E-state index in [1.165, 1.54) is 19.2 Å². The molecule has 0 aliphatic carbocycles. The molecule has 1 saturated heterocycles. The second kappa shape index (κ2) is 6.27. The third-order valence-corrected chi connectivity index (χ3v) is 5.60. The Morgan fingerprint density at radius 2 is 2.24 bits per heavy atom. The maximum absolute atomic E-state index is 12.5. The molecular weight excluding hydrogens is 320 g/mol. The van der Waals surface area contributed by atoms with Gasteiger partial charge in [0.1, 0.15) is 4.90 Å². The Morgan fingerprint density at radius 1 is 1.52 bits per heavy atom. The molecule has 116 valence electrons. The van der Waals surface area contributed by atoms with Gasteiger partial charge in [-0.3, -0.25) is 10.1 Å². The second-order valence-electron chi connectivity index (χ2n) is 4.79. The second-order valence-corrected chi connectivity index (χ2v) is 7.21. The van der Waals surface area contributed by atoms with Crippen molar-refractivity contribution in [1.82, 2.24) is 4.31 Å². The lowest BCUT2D eigenvalue weighted by molar-refractivity contribution is -0.385. The molecule has 1 unspecified atom stereocenters. The summed E-state index contributed by atoms with van der Waals surface area (Å²) >= 11 is 5.89. The van der Waals surface area contributed by atoms with E-state index in [1.807, 2.05) is 0 Å². The van der Waals surface area contributed by atoms with Crippen molar-refractivity contribution in [2.75, 3.05) is 20.2 Å². The summed E-state index contributed by atoms with van der Waals surface area (Å²) in [5.74, 6) is 0. The summed E-state index contributed by atoms with van der Waals surface area (Å²) in [5, 5.41) is 10.7. The van der Waals surface area contributed by atoms with E-state index in [0.717, 1.165) is 23.2 Å². The highest BCUT2D eigenvalue weighted by atomic mass is 35.5. The van der Waals surface area contributed by atoms with Gasteiger partial charge in [0.25, 0.3) is 5.69 Å². The van der Waals surface area contributed by atoms with Gasteiger partial charge < -0.3 is 4.74 Å². The fourth-order valence-corrected chi connectivity index (χ4v) is 3.84. The number of hydrogen-bond donors (Lipinski definition) is 0. The molecule has 7 nitrogen and oxygen atoms in total. The molecule has 1 fully saturated rings. The Morgan fingerprint density at radius 3 is 2.81 bits per heavy atom. The smallest absolute Gasteiger partial charge is 0.270 e. The summed E-state index contributed by atoms with van der Waals surface area (Å²) in [5.41, 5.74) is -0.316. The molecule has 0 aromatic heterocycles. The predicted octanol–water partition coefficient (Wildman–Crippen LogP) is 2.05. The van der Waals surface area contributed by atoms with Crippen molar-refractivity contribution in [3.8, 4) is 0 Å². The number of non-ortho nitro benzene ring substituents is 1. The van der Waals surface area contributed by atoms with Crippen molar-refractivity contribution >= 4 is 27.3 Å². The molecule has 0 N–H and O–H groups in total. The molecule has 9 heteroatoms. The van der Waals surface area contributed by atoms with E-state index in [-0.39, 0.29) is 28.3 Å². The number of hydrogen-bond acceptors (Lipinski definition) is 5. The number of likely N-dealkylation sites (N-methyl/N-ethyl adjacent to an activating group) is 1. The minimum absolute atomic E-state index is 0.0419. The number of nitro benzene ring substituents is 1. The molecule has 0 radical (unpaired) electrons. The lowest BCUT2D eigenvalue weighted by Gasteiger charge is -2.20. The van der Waals surface area contributed by atoms with Crippen molar-refractivity contribution in [1.29, 1.82) is 0 Å². The number of nitro groups is 1. The summed E-state index contributed by atoms with van der Waals surface area (Å²) in [7, 11) is -2.49. The van der Waals surface area contributed by atoms with Gasteiger partial charge in [0, 0.05) is 32.3 Å². The van der Waals surface area contributed by atoms with Crippen molar-refractivity contribution in [2.24, 2.45) is 0 Å². The van der Waals surface area contributed by atoms with Gasteiger partial charge in [-0.2, -0.15) is 4.31 Å². The SMILES string of the molecule is CN(CC1CCCO1)S(=O)(=O)c1cc([N+](=O)[O-])ccc1Cl. The van der Waals surface area contributed by atoms with Crippen LogP contribution in [0.1, 0.15) is 12.8 Å². The number of halogens is 1. The summed E-state index contributed by atoms with van der Waals surface area (Å²) < 4.78 is 31.5. The number of nitrogens with zero attached hydrogens (tertiary/aromatic N) is 2. The summed E-state index contributed by atoms with van der Waals surface area (Å²) in [4.78, 5) is 9.85. The van der Waals surface area contributed by atoms with Crippen LogP contribution in [0.3, 0.4) is 0 Å². The van der Waals surface area contributed by atoms with Crippen molar-refractivity contribution in [2.45, 2.75) is 23.8 Å². The lowest BCUT2D eigenvalue weighted by atomic mass is 10.2. The van der Waals surface area contributed by atoms with E-state index in [4.69, 9.17) is 16.3 Å². The van der Waals surface area contributed by atoms with Gasteiger partial charge in [-0.25, -0.2) is 8.42 Å². The fraction of sp³-hybridized carbons (Fsp3) is 0.500. The first-order valence-electron chi connectivity index (χ1n) is 6.34. The molecule has 1 aliphatic rings. The highest BCUT2D eigenvalue weighted by Gasteiger charge is 2.29. The number of sulfonamides is 1. The van der Waals surface area contributed by atoms with Gasteiger partial charge in [0.15, 0.2) is 0 Å². The first kappa shape index (κ1) is 16.2. The van der Waals surface area contributed by atoms with Crippen LogP contribution in [-0.4, -0.2) is 43.9 Å². The molecule has 0 amide bonds. The van der Waals surface area contributed by atoms with Crippen LogP contribution < -0.4 is 0 Å². The molecule has 1 aliphatic heterocycles. The molecule has 0 bridgehead atoms. The van der Waals surface area contributed by atoms with Crippen LogP contribution in [0, 0.1) is 10.1 Å². The van der Waals surface area contributed by atoms with Crippen LogP contribution in [-0.2, 0) is 14.8 Å².